The summed E-state index contributed by atoms with van der Waals surface area (Å²) in [5.41, 5.74) is 5.44. The Balaban J connectivity index is 1.54. The summed E-state index contributed by atoms with van der Waals surface area (Å²) < 4.78 is 11.4. The summed E-state index contributed by atoms with van der Waals surface area (Å²) in [5.74, 6) is 1.93. The van der Waals surface area contributed by atoms with Gasteiger partial charge in [0.1, 0.15) is 17.6 Å². The van der Waals surface area contributed by atoms with Gasteiger partial charge in [-0.25, -0.2) is 0 Å². The lowest BCUT2D eigenvalue weighted by Crippen LogP contribution is -2.19. The molecule has 5 nitrogen and oxygen atoms in total. The van der Waals surface area contributed by atoms with E-state index in [0.29, 0.717) is 13.0 Å². The molecular weight excluding hydrogens is 316 g/mol. The first-order chi connectivity index (χ1) is 12.1. The molecule has 0 aromatic heterocycles. The zero-order valence-electron chi connectivity index (χ0n) is 14.5. The van der Waals surface area contributed by atoms with Gasteiger partial charge < -0.3 is 20.1 Å². The second kappa shape index (κ2) is 6.31. The average molecular weight is 338 g/mol. The first-order valence-electron chi connectivity index (χ1n) is 8.65. The SMILES string of the molecule is COc1cc(CNc2ccc3c(c2)CCC(=O)N3)c2c(c1)CC(C)O2. The number of aryl methyl sites for hydroxylation is 1. The van der Waals surface area contributed by atoms with Crippen molar-refractivity contribution >= 4 is 17.3 Å². The van der Waals surface area contributed by atoms with Crippen molar-refractivity contribution < 1.29 is 14.3 Å². The van der Waals surface area contributed by atoms with Gasteiger partial charge in [-0.1, -0.05) is 0 Å². The summed E-state index contributed by atoms with van der Waals surface area (Å²) in [7, 11) is 1.69. The second-order valence-corrected chi connectivity index (χ2v) is 6.68. The maximum Gasteiger partial charge on any atom is 0.224 e. The molecule has 4 rings (SSSR count). The molecule has 2 heterocycles. The van der Waals surface area contributed by atoms with Gasteiger partial charge in [0.15, 0.2) is 0 Å². The number of fused-ring (bicyclic) bond motifs is 2. The molecule has 2 aliphatic rings. The molecule has 0 saturated carbocycles. The third kappa shape index (κ3) is 3.14. The molecule has 5 heteroatoms. The number of rotatable bonds is 4. The van der Waals surface area contributed by atoms with E-state index in [1.165, 1.54) is 11.1 Å². The van der Waals surface area contributed by atoms with E-state index in [0.717, 1.165) is 41.3 Å². The summed E-state index contributed by atoms with van der Waals surface area (Å²) >= 11 is 0. The lowest BCUT2D eigenvalue weighted by Gasteiger charge is -2.18. The van der Waals surface area contributed by atoms with E-state index in [2.05, 4.69) is 29.7 Å². The number of amides is 1. The van der Waals surface area contributed by atoms with Gasteiger partial charge in [0.25, 0.3) is 0 Å². The second-order valence-electron chi connectivity index (χ2n) is 6.68. The van der Waals surface area contributed by atoms with Crippen molar-refractivity contribution in [3.63, 3.8) is 0 Å². The molecule has 1 amide bonds. The molecular formula is C20H22N2O3. The lowest BCUT2D eigenvalue weighted by molar-refractivity contribution is -0.116. The molecule has 1 atom stereocenters. The highest BCUT2D eigenvalue weighted by Crippen LogP contribution is 2.36. The molecule has 2 N–H and O–H groups in total. The Morgan fingerprint density at radius 2 is 2.12 bits per heavy atom. The van der Waals surface area contributed by atoms with Gasteiger partial charge in [0.2, 0.25) is 5.91 Å². The predicted molar refractivity (Wildman–Crippen MR) is 97.5 cm³/mol. The smallest absolute Gasteiger partial charge is 0.224 e. The maximum atomic E-state index is 11.5. The Kier molecular flexibility index (Phi) is 3.99. The van der Waals surface area contributed by atoms with Gasteiger partial charge in [0, 0.05) is 41.9 Å². The van der Waals surface area contributed by atoms with E-state index in [-0.39, 0.29) is 12.0 Å². The van der Waals surface area contributed by atoms with Crippen LogP contribution in [0, 0.1) is 0 Å². The van der Waals surface area contributed by atoms with Crippen molar-refractivity contribution in [2.24, 2.45) is 0 Å². The van der Waals surface area contributed by atoms with Crippen LogP contribution in [0.1, 0.15) is 30.0 Å². The van der Waals surface area contributed by atoms with Crippen LogP contribution in [0.3, 0.4) is 0 Å². The van der Waals surface area contributed by atoms with Crippen LogP contribution in [0.4, 0.5) is 11.4 Å². The fourth-order valence-corrected chi connectivity index (χ4v) is 3.52. The van der Waals surface area contributed by atoms with E-state index < -0.39 is 0 Å². The number of ether oxygens (including phenoxy) is 2. The van der Waals surface area contributed by atoms with Gasteiger partial charge in [0.05, 0.1) is 7.11 Å². The molecule has 2 aliphatic heterocycles. The molecule has 0 radical (unpaired) electrons. The molecule has 1 unspecified atom stereocenters. The van der Waals surface area contributed by atoms with Gasteiger partial charge in [-0.2, -0.15) is 0 Å². The minimum absolute atomic E-state index is 0.0893. The topological polar surface area (TPSA) is 59.6 Å². The van der Waals surface area contributed by atoms with Crippen LogP contribution in [-0.2, 0) is 24.2 Å². The predicted octanol–water partition coefficient (Wildman–Crippen LogP) is 3.52. The van der Waals surface area contributed by atoms with E-state index >= 15 is 0 Å². The zero-order chi connectivity index (χ0) is 17.4. The fraction of sp³-hybridized carbons (Fsp3) is 0.350. The van der Waals surface area contributed by atoms with Crippen molar-refractivity contribution in [3.8, 4) is 11.5 Å². The molecule has 25 heavy (non-hydrogen) atoms. The van der Waals surface area contributed by atoms with Gasteiger partial charge in [-0.05, 0) is 49.2 Å². The lowest BCUT2D eigenvalue weighted by atomic mass is 10.0. The Morgan fingerprint density at radius 1 is 1.24 bits per heavy atom. The molecule has 130 valence electrons. The van der Waals surface area contributed by atoms with E-state index in [1.807, 2.05) is 18.2 Å². The summed E-state index contributed by atoms with van der Waals surface area (Å²) in [4.78, 5) is 11.5. The first-order valence-corrected chi connectivity index (χ1v) is 8.65. The number of hydrogen-bond acceptors (Lipinski definition) is 4. The van der Waals surface area contributed by atoms with Crippen molar-refractivity contribution in [2.45, 2.75) is 38.8 Å². The molecule has 0 spiro atoms. The highest BCUT2D eigenvalue weighted by molar-refractivity contribution is 5.94. The Morgan fingerprint density at radius 3 is 2.96 bits per heavy atom. The normalized spacial score (nSPS) is 18.0. The molecule has 0 saturated heterocycles. The van der Waals surface area contributed by atoms with Crippen molar-refractivity contribution in [3.05, 3.63) is 47.0 Å². The largest absolute Gasteiger partial charge is 0.497 e. The Labute approximate surface area is 147 Å². The van der Waals surface area contributed by atoms with Crippen molar-refractivity contribution in [2.75, 3.05) is 17.7 Å². The molecule has 0 fully saturated rings. The van der Waals surface area contributed by atoms with Crippen LogP contribution < -0.4 is 20.1 Å². The molecule has 0 bridgehead atoms. The average Bonchev–Trinajstić information content (AvgIpc) is 2.99. The summed E-state index contributed by atoms with van der Waals surface area (Å²) in [6, 6.07) is 10.2. The zero-order valence-corrected chi connectivity index (χ0v) is 14.5. The van der Waals surface area contributed by atoms with Crippen LogP contribution in [0.5, 0.6) is 11.5 Å². The maximum absolute atomic E-state index is 11.5. The summed E-state index contributed by atoms with van der Waals surface area (Å²) in [6.07, 6.45) is 2.45. The standard InChI is InChI=1S/C20H22N2O3/c1-12-7-14-9-17(24-2)10-15(20(14)25-12)11-21-16-4-5-18-13(8-16)3-6-19(23)22-18/h4-5,8-10,12,21H,3,6-7,11H2,1-2H3,(H,22,23). The van der Waals surface area contributed by atoms with Gasteiger partial charge in [-0.15, -0.1) is 0 Å². The molecule has 2 aromatic carbocycles. The number of carbonyl (C=O) groups excluding carboxylic acids is 1. The molecule has 0 aliphatic carbocycles. The highest BCUT2D eigenvalue weighted by atomic mass is 16.5. The summed E-state index contributed by atoms with van der Waals surface area (Å²) in [5, 5.41) is 6.38. The number of carbonyl (C=O) groups is 1. The Bertz CT molecular complexity index is 832. The minimum Gasteiger partial charge on any atom is -0.497 e. The number of hydrogen-bond donors (Lipinski definition) is 2. The number of methoxy groups -OCH3 is 1. The number of benzene rings is 2. The van der Waals surface area contributed by atoms with Crippen LogP contribution in [0.15, 0.2) is 30.3 Å². The fourth-order valence-electron chi connectivity index (χ4n) is 3.52. The van der Waals surface area contributed by atoms with Crippen molar-refractivity contribution in [1.82, 2.24) is 0 Å². The van der Waals surface area contributed by atoms with Crippen LogP contribution in [0.25, 0.3) is 0 Å². The Hall–Kier alpha value is -2.69. The number of anilines is 2. The third-order valence-electron chi connectivity index (χ3n) is 4.76. The van der Waals surface area contributed by atoms with Crippen LogP contribution in [0.2, 0.25) is 0 Å². The van der Waals surface area contributed by atoms with Crippen LogP contribution >= 0.6 is 0 Å². The van der Waals surface area contributed by atoms with E-state index in [1.54, 1.807) is 7.11 Å². The number of nitrogens with one attached hydrogen (secondary N) is 2. The monoisotopic (exact) mass is 338 g/mol. The first kappa shape index (κ1) is 15.8. The van der Waals surface area contributed by atoms with Gasteiger partial charge in [-0.3, -0.25) is 4.79 Å². The highest BCUT2D eigenvalue weighted by Gasteiger charge is 2.23. The van der Waals surface area contributed by atoms with Crippen LogP contribution in [-0.4, -0.2) is 19.1 Å². The van der Waals surface area contributed by atoms with Gasteiger partial charge >= 0.3 is 0 Å². The third-order valence-corrected chi connectivity index (χ3v) is 4.76. The van der Waals surface area contributed by atoms with E-state index in [9.17, 15) is 4.79 Å². The summed E-state index contributed by atoms with van der Waals surface area (Å²) in [6.45, 7) is 2.75. The quantitative estimate of drug-likeness (QED) is 0.895. The molecule has 2 aromatic rings. The van der Waals surface area contributed by atoms with Crippen molar-refractivity contribution in [1.29, 1.82) is 0 Å². The minimum atomic E-state index is 0.0893. The van der Waals surface area contributed by atoms with E-state index in [4.69, 9.17) is 9.47 Å².